The van der Waals surface area contributed by atoms with Crippen LogP contribution in [0.3, 0.4) is 0 Å². The molecule has 1 amide bonds. The van der Waals surface area contributed by atoms with Gasteiger partial charge in [-0.15, -0.1) is 0 Å². The third kappa shape index (κ3) is 5.03. The summed E-state index contributed by atoms with van der Waals surface area (Å²) in [6.07, 6.45) is 0.115. The first-order valence-corrected chi connectivity index (χ1v) is 6.95. The fraction of sp³-hybridized carbons (Fsp3) is 0.214. The summed E-state index contributed by atoms with van der Waals surface area (Å²) in [6, 6.07) is 8.86. The topological polar surface area (TPSA) is 81.4 Å². The number of aryl methyl sites for hydroxylation is 1. The van der Waals surface area contributed by atoms with E-state index in [2.05, 4.69) is 26.4 Å². The predicted molar refractivity (Wildman–Crippen MR) is 78.7 cm³/mol. The van der Waals surface area contributed by atoms with Gasteiger partial charge in [-0.05, 0) is 24.6 Å². The lowest BCUT2D eigenvalue weighted by Gasteiger charge is -2.04. The fourth-order valence-electron chi connectivity index (χ4n) is 1.57. The van der Waals surface area contributed by atoms with Crippen LogP contribution in [0.25, 0.3) is 0 Å². The van der Waals surface area contributed by atoms with Crippen molar-refractivity contribution in [2.75, 3.05) is 11.9 Å². The smallest absolute Gasteiger partial charge is 0.310 e. The number of carbonyl (C=O) groups is 2. The Balaban J connectivity index is 1.75. The van der Waals surface area contributed by atoms with E-state index in [0.717, 1.165) is 10.0 Å². The molecule has 0 fully saturated rings. The van der Waals surface area contributed by atoms with E-state index in [4.69, 9.17) is 9.26 Å². The Morgan fingerprint density at radius 1 is 1.33 bits per heavy atom. The molecule has 0 unspecified atom stereocenters. The Hall–Kier alpha value is -2.15. The molecular formula is C14H13BrN2O4. The standard InChI is InChI=1S/C14H13BrN2O4/c1-9-6-12(17-21-9)16-13(18)8-20-14(19)7-10-2-4-11(15)5-3-10/h2-6H,7-8H2,1H3,(H,16,17,18). The first kappa shape index (κ1) is 15.2. The number of hydrogen-bond acceptors (Lipinski definition) is 5. The van der Waals surface area contributed by atoms with Gasteiger partial charge in [-0.2, -0.15) is 0 Å². The van der Waals surface area contributed by atoms with E-state index in [9.17, 15) is 9.59 Å². The van der Waals surface area contributed by atoms with Crippen LogP contribution in [0, 0.1) is 6.92 Å². The van der Waals surface area contributed by atoms with Crippen molar-refractivity contribution in [2.24, 2.45) is 0 Å². The molecule has 0 aliphatic carbocycles. The van der Waals surface area contributed by atoms with Gasteiger partial charge in [-0.1, -0.05) is 33.2 Å². The highest BCUT2D eigenvalue weighted by atomic mass is 79.9. The van der Waals surface area contributed by atoms with Crippen molar-refractivity contribution in [3.63, 3.8) is 0 Å². The quantitative estimate of drug-likeness (QED) is 0.836. The average Bonchev–Trinajstić information content (AvgIpc) is 2.84. The Bertz CT molecular complexity index is 637. The number of carbonyl (C=O) groups excluding carboxylic acids is 2. The number of ether oxygens (including phenoxy) is 1. The molecule has 2 aromatic rings. The van der Waals surface area contributed by atoms with Crippen LogP contribution in [0.15, 0.2) is 39.3 Å². The summed E-state index contributed by atoms with van der Waals surface area (Å²) < 4.78 is 10.6. The summed E-state index contributed by atoms with van der Waals surface area (Å²) in [6.45, 7) is 1.35. The van der Waals surface area contributed by atoms with Gasteiger partial charge in [0.15, 0.2) is 12.4 Å². The maximum absolute atomic E-state index is 11.6. The molecular weight excluding hydrogens is 340 g/mol. The molecule has 2 rings (SSSR count). The van der Waals surface area contributed by atoms with Crippen molar-refractivity contribution >= 4 is 33.6 Å². The zero-order valence-electron chi connectivity index (χ0n) is 11.3. The van der Waals surface area contributed by atoms with E-state index in [0.29, 0.717) is 11.6 Å². The van der Waals surface area contributed by atoms with Gasteiger partial charge in [0.25, 0.3) is 5.91 Å². The van der Waals surface area contributed by atoms with E-state index < -0.39 is 11.9 Å². The minimum absolute atomic E-state index is 0.115. The van der Waals surface area contributed by atoms with Gasteiger partial charge in [-0.3, -0.25) is 9.59 Å². The number of hydrogen-bond donors (Lipinski definition) is 1. The van der Waals surface area contributed by atoms with E-state index >= 15 is 0 Å². The maximum atomic E-state index is 11.6. The number of anilines is 1. The lowest BCUT2D eigenvalue weighted by Crippen LogP contribution is -2.21. The fourth-order valence-corrected chi connectivity index (χ4v) is 1.83. The summed E-state index contributed by atoms with van der Waals surface area (Å²) in [5, 5.41) is 6.07. The highest BCUT2D eigenvalue weighted by molar-refractivity contribution is 9.10. The number of aromatic nitrogens is 1. The lowest BCUT2D eigenvalue weighted by molar-refractivity contribution is -0.146. The van der Waals surface area contributed by atoms with Crippen molar-refractivity contribution in [3.8, 4) is 0 Å². The number of nitrogens with zero attached hydrogens (tertiary/aromatic N) is 1. The van der Waals surface area contributed by atoms with E-state index in [-0.39, 0.29) is 13.0 Å². The number of esters is 1. The number of halogens is 1. The maximum Gasteiger partial charge on any atom is 0.310 e. The van der Waals surface area contributed by atoms with Crippen LogP contribution in [0.4, 0.5) is 5.82 Å². The van der Waals surface area contributed by atoms with Crippen molar-refractivity contribution in [1.82, 2.24) is 5.16 Å². The molecule has 0 aliphatic rings. The summed E-state index contributed by atoms with van der Waals surface area (Å²) in [4.78, 5) is 23.2. The van der Waals surface area contributed by atoms with Crippen LogP contribution in [0.5, 0.6) is 0 Å². The van der Waals surface area contributed by atoms with E-state index in [1.807, 2.05) is 24.3 Å². The molecule has 6 nitrogen and oxygen atoms in total. The normalized spacial score (nSPS) is 10.2. The second kappa shape index (κ2) is 7.03. The largest absolute Gasteiger partial charge is 0.455 e. The van der Waals surface area contributed by atoms with Crippen molar-refractivity contribution in [3.05, 3.63) is 46.1 Å². The molecule has 110 valence electrons. The predicted octanol–water partition coefficient (Wildman–Crippen LogP) is 2.47. The Kier molecular flexibility index (Phi) is 5.10. The van der Waals surface area contributed by atoms with Crippen LogP contribution in [-0.4, -0.2) is 23.6 Å². The molecule has 0 bridgehead atoms. The molecule has 0 saturated carbocycles. The molecule has 0 radical (unpaired) electrons. The summed E-state index contributed by atoms with van der Waals surface area (Å²) in [7, 11) is 0. The van der Waals surface area contributed by atoms with Gasteiger partial charge in [0.2, 0.25) is 0 Å². The minimum atomic E-state index is -0.469. The molecule has 0 saturated heterocycles. The zero-order valence-corrected chi connectivity index (χ0v) is 12.8. The van der Waals surface area contributed by atoms with Crippen LogP contribution in [0.2, 0.25) is 0 Å². The van der Waals surface area contributed by atoms with Crippen LogP contribution in [-0.2, 0) is 20.7 Å². The minimum Gasteiger partial charge on any atom is -0.455 e. The van der Waals surface area contributed by atoms with E-state index in [1.165, 1.54) is 0 Å². The zero-order chi connectivity index (χ0) is 15.2. The number of amides is 1. The van der Waals surface area contributed by atoms with Gasteiger partial charge in [0, 0.05) is 10.5 Å². The molecule has 0 spiro atoms. The summed E-state index contributed by atoms with van der Waals surface area (Å²) >= 11 is 3.31. The molecule has 1 aromatic heterocycles. The van der Waals surface area contributed by atoms with Gasteiger partial charge in [0.1, 0.15) is 5.76 Å². The van der Waals surface area contributed by atoms with Gasteiger partial charge >= 0.3 is 5.97 Å². The highest BCUT2D eigenvalue weighted by Gasteiger charge is 2.10. The molecule has 1 heterocycles. The molecule has 0 aliphatic heterocycles. The monoisotopic (exact) mass is 352 g/mol. The Morgan fingerprint density at radius 2 is 2.05 bits per heavy atom. The first-order chi connectivity index (χ1) is 10.0. The number of nitrogens with one attached hydrogen (secondary N) is 1. The Labute approximate surface area is 129 Å². The molecule has 21 heavy (non-hydrogen) atoms. The van der Waals surface area contributed by atoms with Crippen LogP contribution >= 0.6 is 15.9 Å². The van der Waals surface area contributed by atoms with Gasteiger partial charge in [0.05, 0.1) is 6.42 Å². The van der Waals surface area contributed by atoms with Crippen molar-refractivity contribution in [2.45, 2.75) is 13.3 Å². The SMILES string of the molecule is Cc1cc(NC(=O)COC(=O)Cc2ccc(Br)cc2)no1. The lowest BCUT2D eigenvalue weighted by atomic mass is 10.2. The molecule has 1 aromatic carbocycles. The first-order valence-electron chi connectivity index (χ1n) is 6.16. The number of rotatable bonds is 5. The number of benzene rings is 1. The summed E-state index contributed by atoms with van der Waals surface area (Å²) in [5.74, 6) is -0.0600. The third-order valence-electron chi connectivity index (χ3n) is 2.52. The van der Waals surface area contributed by atoms with Crippen LogP contribution in [0.1, 0.15) is 11.3 Å². The third-order valence-corrected chi connectivity index (χ3v) is 3.05. The van der Waals surface area contributed by atoms with Gasteiger partial charge in [-0.25, -0.2) is 0 Å². The highest BCUT2D eigenvalue weighted by Crippen LogP contribution is 2.11. The summed E-state index contributed by atoms with van der Waals surface area (Å²) in [5.41, 5.74) is 0.815. The second-order valence-electron chi connectivity index (χ2n) is 4.33. The van der Waals surface area contributed by atoms with Crippen LogP contribution < -0.4 is 5.32 Å². The van der Waals surface area contributed by atoms with Crippen molar-refractivity contribution < 1.29 is 18.8 Å². The van der Waals surface area contributed by atoms with E-state index in [1.54, 1.807) is 13.0 Å². The average molecular weight is 353 g/mol. The molecule has 7 heteroatoms. The van der Waals surface area contributed by atoms with Gasteiger partial charge < -0.3 is 14.6 Å². The molecule has 1 N–H and O–H groups in total. The van der Waals surface area contributed by atoms with Crippen molar-refractivity contribution in [1.29, 1.82) is 0 Å². The second-order valence-corrected chi connectivity index (χ2v) is 5.25. The Morgan fingerprint density at radius 3 is 2.67 bits per heavy atom. The molecule has 0 atom stereocenters.